The van der Waals surface area contributed by atoms with Gasteiger partial charge in [-0.15, -0.1) is 0 Å². The van der Waals surface area contributed by atoms with Gasteiger partial charge in [0.25, 0.3) is 0 Å². The monoisotopic (exact) mass is 429 g/mol. The molecule has 0 radical (unpaired) electrons. The third-order valence-corrected chi connectivity index (χ3v) is 6.09. The SMILES string of the molecule is COC(OC)C(C)NS(=O)(=O)c1cc(Br)c(C)cc1Br. The molecular formula is C12H17Br2NO4S. The van der Waals surface area contributed by atoms with E-state index in [1.54, 1.807) is 19.1 Å². The fourth-order valence-corrected chi connectivity index (χ4v) is 4.61. The molecular weight excluding hydrogens is 414 g/mol. The second-order valence-corrected chi connectivity index (χ2v) is 7.67. The number of aryl methyl sites for hydroxylation is 1. The number of nitrogens with one attached hydrogen (secondary N) is 1. The molecule has 1 N–H and O–H groups in total. The maximum atomic E-state index is 12.4. The number of hydrogen-bond donors (Lipinski definition) is 1. The van der Waals surface area contributed by atoms with Crippen molar-refractivity contribution in [1.82, 2.24) is 4.72 Å². The molecule has 0 saturated heterocycles. The van der Waals surface area contributed by atoms with E-state index in [1.165, 1.54) is 14.2 Å². The molecule has 20 heavy (non-hydrogen) atoms. The summed E-state index contributed by atoms with van der Waals surface area (Å²) in [6.07, 6.45) is -0.655. The van der Waals surface area contributed by atoms with Crippen molar-refractivity contribution in [1.29, 1.82) is 0 Å². The molecule has 0 aliphatic heterocycles. The number of ether oxygens (including phenoxy) is 2. The van der Waals surface area contributed by atoms with Crippen LogP contribution in [0.2, 0.25) is 0 Å². The highest BCUT2D eigenvalue weighted by atomic mass is 79.9. The summed E-state index contributed by atoms with van der Waals surface area (Å²) in [5, 5.41) is 0. The molecule has 0 fully saturated rings. The van der Waals surface area contributed by atoms with Crippen molar-refractivity contribution in [3.8, 4) is 0 Å². The van der Waals surface area contributed by atoms with Gasteiger partial charge < -0.3 is 9.47 Å². The van der Waals surface area contributed by atoms with Gasteiger partial charge >= 0.3 is 0 Å². The van der Waals surface area contributed by atoms with Crippen LogP contribution >= 0.6 is 31.9 Å². The summed E-state index contributed by atoms with van der Waals surface area (Å²) in [4.78, 5) is 0.160. The molecule has 114 valence electrons. The van der Waals surface area contributed by atoms with Crippen LogP contribution in [0.4, 0.5) is 0 Å². The number of halogens is 2. The Bertz CT molecular complexity index is 573. The van der Waals surface area contributed by atoms with E-state index in [2.05, 4.69) is 36.6 Å². The molecule has 8 heteroatoms. The summed E-state index contributed by atoms with van der Waals surface area (Å²) < 4.78 is 38.6. The number of methoxy groups -OCH3 is 2. The molecule has 0 aliphatic carbocycles. The highest BCUT2D eigenvalue weighted by Crippen LogP contribution is 2.29. The summed E-state index contributed by atoms with van der Waals surface area (Å²) in [7, 11) is -0.770. The van der Waals surface area contributed by atoms with Gasteiger partial charge in [-0.25, -0.2) is 13.1 Å². The largest absolute Gasteiger partial charge is 0.354 e. The van der Waals surface area contributed by atoms with E-state index in [0.29, 0.717) is 4.47 Å². The molecule has 0 spiro atoms. The first kappa shape index (κ1) is 18.1. The van der Waals surface area contributed by atoms with E-state index in [-0.39, 0.29) is 4.90 Å². The summed E-state index contributed by atoms with van der Waals surface area (Å²) >= 11 is 6.61. The fourth-order valence-electron chi connectivity index (χ4n) is 1.70. The molecule has 1 aromatic carbocycles. The third-order valence-electron chi connectivity index (χ3n) is 2.72. The van der Waals surface area contributed by atoms with Gasteiger partial charge in [-0.2, -0.15) is 0 Å². The highest BCUT2D eigenvalue weighted by molar-refractivity contribution is 9.11. The first-order valence-electron chi connectivity index (χ1n) is 5.76. The molecule has 1 atom stereocenters. The third kappa shape index (κ3) is 4.25. The first-order chi connectivity index (χ1) is 9.22. The molecule has 0 amide bonds. The van der Waals surface area contributed by atoms with Gasteiger partial charge in [-0.1, -0.05) is 15.9 Å². The molecule has 0 aliphatic rings. The Kier molecular flexibility index (Phi) is 6.62. The minimum absolute atomic E-state index is 0.160. The number of sulfonamides is 1. The van der Waals surface area contributed by atoms with Crippen molar-refractivity contribution >= 4 is 41.9 Å². The molecule has 5 nitrogen and oxygen atoms in total. The van der Waals surface area contributed by atoms with Crippen molar-refractivity contribution in [3.05, 3.63) is 26.6 Å². The summed E-state index contributed by atoms with van der Waals surface area (Å²) in [6.45, 7) is 3.56. The maximum absolute atomic E-state index is 12.4. The Morgan fingerprint density at radius 1 is 1.15 bits per heavy atom. The standard InChI is InChI=1S/C12H17Br2NO4S/c1-7-5-10(14)11(6-9(7)13)20(16,17)15-8(2)12(18-3)19-4/h5-6,8,12,15H,1-4H3. The van der Waals surface area contributed by atoms with Crippen LogP contribution in [0.15, 0.2) is 26.0 Å². The Morgan fingerprint density at radius 3 is 2.20 bits per heavy atom. The topological polar surface area (TPSA) is 64.6 Å². The first-order valence-corrected chi connectivity index (χ1v) is 8.83. The quantitative estimate of drug-likeness (QED) is 0.704. The van der Waals surface area contributed by atoms with E-state index in [1.807, 2.05) is 6.92 Å². The van der Waals surface area contributed by atoms with E-state index in [9.17, 15) is 8.42 Å². The Balaban J connectivity index is 3.09. The van der Waals surface area contributed by atoms with Gasteiger partial charge in [-0.3, -0.25) is 0 Å². The van der Waals surface area contributed by atoms with Gasteiger partial charge in [0.05, 0.1) is 10.9 Å². The van der Waals surface area contributed by atoms with Gasteiger partial charge in [-0.05, 0) is 47.5 Å². The predicted octanol–water partition coefficient (Wildman–Crippen LogP) is 2.81. The lowest BCUT2D eigenvalue weighted by atomic mass is 10.2. The second kappa shape index (κ2) is 7.33. The van der Waals surface area contributed by atoms with Gasteiger partial charge in [0, 0.05) is 23.2 Å². The van der Waals surface area contributed by atoms with Crippen LogP contribution in [0, 0.1) is 6.92 Å². The number of hydrogen-bond acceptors (Lipinski definition) is 4. The highest BCUT2D eigenvalue weighted by Gasteiger charge is 2.25. The zero-order valence-corrected chi connectivity index (χ0v) is 15.6. The smallest absolute Gasteiger partial charge is 0.242 e. The molecule has 0 heterocycles. The lowest BCUT2D eigenvalue weighted by Gasteiger charge is -2.22. The molecule has 0 bridgehead atoms. The zero-order chi connectivity index (χ0) is 15.5. The Morgan fingerprint density at radius 2 is 1.70 bits per heavy atom. The van der Waals surface area contributed by atoms with E-state index >= 15 is 0 Å². The van der Waals surface area contributed by atoms with Crippen molar-refractivity contribution < 1.29 is 17.9 Å². The Labute approximate surface area is 136 Å². The van der Waals surface area contributed by atoms with Gasteiger partial charge in [0.2, 0.25) is 10.0 Å². The average Bonchev–Trinajstić information content (AvgIpc) is 2.34. The second-order valence-electron chi connectivity index (χ2n) is 4.28. The van der Waals surface area contributed by atoms with Gasteiger partial charge in [0.15, 0.2) is 6.29 Å². The Hall–Kier alpha value is 0.01000. The van der Waals surface area contributed by atoms with Crippen LogP contribution in [0.25, 0.3) is 0 Å². The summed E-state index contributed by atoms with van der Waals surface area (Å²) in [6, 6.07) is 2.78. The van der Waals surface area contributed by atoms with Crippen LogP contribution in [-0.4, -0.2) is 35.0 Å². The van der Waals surface area contributed by atoms with Crippen molar-refractivity contribution in [3.63, 3.8) is 0 Å². The van der Waals surface area contributed by atoms with Crippen molar-refractivity contribution in [2.45, 2.75) is 31.1 Å². The molecule has 1 rings (SSSR count). The van der Waals surface area contributed by atoms with Gasteiger partial charge in [0.1, 0.15) is 0 Å². The van der Waals surface area contributed by atoms with Crippen molar-refractivity contribution in [2.75, 3.05) is 14.2 Å². The minimum atomic E-state index is -3.68. The normalized spacial score (nSPS) is 13.8. The molecule has 0 saturated carbocycles. The van der Waals surface area contributed by atoms with E-state index in [4.69, 9.17) is 9.47 Å². The van der Waals surface area contributed by atoms with Crippen LogP contribution in [-0.2, 0) is 19.5 Å². The summed E-state index contributed by atoms with van der Waals surface area (Å²) in [5.41, 5.74) is 0.940. The lowest BCUT2D eigenvalue weighted by molar-refractivity contribution is -0.115. The predicted molar refractivity (Wildman–Crippen MR) is 84.2 cm³/mol. The molecule has 0 aromatic heterocycles. The molecule has 1 aromatic rings. The minimum Gasteiger partial charge on any atom is -0.354 e. The maximum Gasteiger partial charge on any atom is 0.242 e. The van der Waals surface area contributed by atoms with Crippen LogP contribution < -0.4 is 4.72 Å². The van der Waals surface area contributed by atoms with Crippen LogP contribution in [0.1, 0.15) is 12.5 Å². The average molecular weight is 431 g/mol. The number of benzene rings is 1. The van der Waals surface area contributed by atoms with E-state index < -0.39 is 22.4 Å². The number of rotatable bonds is 6. The summed E-state index contributed by atoms with van der Waals surface area (Å²) in [5.74, 6) is 0. The van der Waals surface area contributed by atoms with E-state index in [0.717, 1.165) is 10.0 Å². The fraction of sp³-hybridized carbons (Fsp3) is 0.500. The molecule has 1 unspecified atom stereocenters. The van der Waals surface area contributed by atoms with Crippen molar-refractivity contribution in [2.24, 2.45) is 0 Å². The van der Waals surface area contributed by atoms with Crippen LogP contribution in [0.3, 0.4) is 0 Å². The zero-order valence-electron chi connectivity index (χ0n) is 11.6. The van der Waals surface area contributed by atoms with Crippen LogP contribution in [0.5, 0.6) is 0 Å². The lowest BCUT2D eigenvalue weighted by Crippen LogP contribution is -2.42.